The van der Waals surface area contributed by atoms with Gasteiger partial charge in [-0.15, -0.1) is 0 Å². The highest BCUT2D eigenvalue weighted by Gasteiger charge is 2.06. The SMILES string of the molecule is CCCCCCCCCCCOC(C)c1ccc(-c2ccccc2)cc1. The number of hydrogen-bond donors (Lipinski definition) is 0. The molecule has 0 spiro atoms. The summed E-state index contributed by atoms with van der Waals surface area (Å²) < 4.78 is 6.03. The lowest BCUT2D eigenvalue weighted by molar-refractivity contribution is 0.0627. The summed E-state index contributed by atoms with van der Waals surface area (Å²) in [7, 11) is 0. The van der Waals surface area contributed by atoms with Crippen LogP contribution < -0.4 is 0 Å². The minimum Gasteiger partial charge on any atom is -0.374 e. The van der Waals surface area contributed by atoms with Crippen molar-refractivity contribution in [3.05, 3.63) is 60.2 Å². The normalized spacial score (nSPS) is 12.2. The van der Waals surface area contributed by atoms with E-state index in [0.717, 1.165) is 6.61 Å². The summed E-state index contributed by atoms with van der Waals surface area (Å²) in [4.78, 5) is 0. The fourth-order valence-corrected chi connectivity index (χ4v) is 3.35. The van der Waals surface area contributed by atoms with Gasteiger partial charge in [-0.2, -0.15) is 0 Å². The van der Waals surface area contributed by atoms with Gasteiger partial charge >= 0.3 is 0 Å². The minimum atomic E-state index is 0.175. The number of unbranched alkanes of at least 4 members (excludes halogenated alkanes) is 8. The molecule has 0 amide bonds. The smallest absolute Gasteiger partial charge is 0.0796 e. The number of ether oxygens (including phenoxy) is 1. The van der Waals surface area contributed by atoms with Crippen LogP contribution in [0.5, 0.6) is 0 Å². The van der Waals surface area contributed by atoms with Crippen molar-refractivity contribution in [3.8, 4) is 11.1 Å². The van der Waals surface area contributed by atoms with Gasteiger partial charge < -0.3 is 4.74 Å². The summed E-state index contributed by atoms with van der Waals surface area (Å²) >= 11 is 0. The number of rotatable bonds is 13. The summed E-state index contributed by atoms with van der Waals surface area (Å²) in [6.07, 6.45) is 12.4. The topological polar surface area (TPSA) is 9.23 Å². The molecule has 2 rings (SSSR count). The molecule has 2 aromatic rings. The lowest BCUT2D eigenvalue weighted by Gasteiger charge is -2.14. The molecule has 0 N–H and O–H groups in total. The van der Waals surface area contributed by atoms with Crippen LogP contribution >= 0.6 is 0 Å². The van der Waals surface area contributed by atoms with Crippen LogP contribution in [0.15, 0.2) is 54.6 Å². The average Bonchev–Trinajstić information content (AvgIpc) is 2.70. The van der Waals surface area contributed by atoms with E-state index in [-0.39, 0.29) is 6.10 Å². The van der Waals surface area contributed by atoms with Crippen LogP contribution in [0.25, 0.3) is 11.1 Å². The highest BCUT2D eigenvalue weighted by Crippen LogP contribution is 2.23. The van der Waals surface area contributed by atoms with Gasteiger partial charge in [-0.3, -0.25) is 0 Å². The molecule has 26 heavy (non-hydrogen) atoms. The van der Waals surface area contributed by atoms with E-state index in [2.05, 4.69) is 68.4 Å². The molecular weight excluding hydrogens is 316 g/mol. The summed E-state index contributed by atoms with van der Waals surface area (Å²) in [6.45, 7) is 5.31. The van der Waals surface area contributed by atoms with Crippen molar-refractivity contribution in [1.29, 1.82) is 0 Å². The van der Waals surface area contributed by atoms with Gasteiger partial charge in [0.2, 0.25) is 0 Å². The van der Waals surface area contributed by atoms with Gasteiger partial charge in [-0.1, -0.05) is 113 Å². The Hall–Kier alpha value is -1.60. The van der Waals surface area contributed by atoms with Crippen LogP contribution in [-0.4, -0.2) is 6.61 Å². The molecule has 0 bridgehead atoms. The minimum absolute atomic E-state index is 0.175. The molecule has 0 aliphatic carbocycles. The molecule has 142 valence electrons. The average molecular weight is 353 g/mol. The molecule has 1 atom stereocenters. The predicted molar refractivity (Wildman–Crippen MR) is 113 cm³/mol. The standard InChI is InChI=1S/C25H36O/c1-3-4-5-6-7-8-9-10-14-21-26-22(2)23-17-19-25(20-18-23)24-15-12-11-13-16-24/h11-13,15-20,22H,3-10,14,21H2,1-2H3. The van der Waals surface area contributed by atoms with Gasteiger partial charge in [0.1, 0.15) is 0 Å². The van der Waals surface area contributed by atoms with E-state index in [1.165, 1.54) is 74.5 Å². The summed E-state index contributed by atoms with van der Waals surface area (Å²) in [6, 6.07) is 19.3. The zero-order valence-electron chi connectivity index (χ0n) is 16.8. The van der Waals surface area contributed by atoms with Crippen molar-refractivity contribution in [2.45, 2.75) is 77.7 Å². The molecule has 0 aliphatic rings. The largest absolute Gasteiger partial charge is 0.374 e. The highest BCUT2D eigenvalue weighted by atomic mass is 16.5. The van der Waals surface area contributed by atoms with Crippen LogP contribution in [0, 0.1) is 0 Å². The van der Waals surface area contributed by atoms with E-state index < -0.39 is 0 Å². The quantitative estimate of drug-likeness (QED) is 0.332. The lowest BCUT2D eigenvalue weighted by atomic mass is 10.0. The van der Waals surface area contributed by atoms with Gasteiger partial charge in [-0.25, -0.2) is 0 Å². The first kappa shape index (κ1) is 20.7. The number of hydrogen-bond acceptors (Lipinski definition) is 1. The Kier molecular flexibility index (Phi) is 10.1. The lowest BCUT2D eigenvalue weighted by Crippen LogP contribution is -2.01. The second-order valence-electron chi connectivity index (χ2n) is 7.33. The maximum Gasteiger partial charge on any atom is 0.0796 e. The zero-order chi connectivity index (χ0) is 18.5. The summed E-state index contributed by atoms with van der Waals surface area (Å²) in [5.41, 5.74) is 3.79. The molecule has 0 radical (unpaired) electrons. The summed E-state index contributed by atoms with van der Waals surface area (Å²) in [5, 5.41) is 0. The van der Waals surface area contributed by atoms with Crippen molar-refractivity contribution >= 4 is 0 Å². The first-order valence-electron chi connectivity index (χ1n) is 10.6. The molecule has 0 heterocycles. The third-order valence-electron chi connectivity index (χ3n) is 5.10. The van der Waals surface area contributed by atoms with E-state index in [1.807, 2.05) is 0 Å². The molecule has 0 aliphatic heterocycles. The fraction of sp³-hybridized carbons (Fsp3) is 0.520. The van der Waals surface area contributed by atoms with E-state index in [9.17, 15) is 0 Å². The highest BCUT2D eigenvalue weighted by molar-refractivity contribution is 5.63. The molecular formula is C25H36O. The molecule has 0 saturated carbocycles. The Morgan fingerprint density at radius 3 is 1.81 bits per heavy atom. The van der Waals surface area contributed by atoms with Crippen LogP contribution in [-0.2, 0) is 4.74 Å². The summed E-state index contributed by atoms with van der Waals surface area (Å²) in [5.74, 6) is 0. The van der Waals surface area contributed by atoms with Crippen molar-refractivity contribution in [2.75, 3.05) is 6.61 Å². The van der Waals surface area contributed by atoms with Crippen molar-refractivity contribution < 1.29 is 4.74 Å². The molecule has 1 nitrogen and oxygen atoms in total. The Labute approximate surface area is 160 Å². The Morgan fingerprint density at radius 1 is 0.654 bits per heavy atom. The monoisotopic (exact) mass is 352 g/mol. The second-order valence-corrected chi connectivity index (χ2v) is 7.33. The second kappa shape index (κ2) is 12.7. The van der Waals surface area contributed by atoms with Gasteiger partial charge in [0, 0.05) is 6.61 Å². The van der Waals surface area contributed by atoms with Crippen LogP contribution in [0.3, 0.4) is 0 Å². The van der Waals surface area contributed by atoms with Crippen molar-refractivity contribution in [3.63, 3.8) is 0 Å². The Morgan fingerprint density at radius 2 is 1.19 bits per heavy atom. The fourth-order valence-electron chi connectivity index (χ4n) is 3.35. The zero-order valence-corrected chi connectivity index (χ0v) is 16.8. The molecule has 0 saturated heterocycles. The third-order valence-corrected chi connectivity index (χ3v) is 5.10. The molecule has 0 aromatic heterocycles. The predicted octanol–water partition coefficient (Wildman–Crippen LogP) is 7.96. The molecule has 0 fully saturated rings. The Balaban J connectivity index is 1.59. The van der Waals surface area contributed by atoms with E-state index >= 15 is 0 Å². The maximum atomic E-state index is 6.03. The first-order chi connectivity index (χ1) is 12.8. The van der Waals surface area contributed by atoms with Gasteiger partial charge in [-0.05, 0) is 30.0 Å². The third kappa shape index (κ3) is 7.74. The first-order valence-corrected chi connectivity index (χ1v) is 10.6. The van der Waals surface area contributed by atoms with Gasteiger partial charge in [0.25, 0.3) is 0 Å². The van der Waals surface area contributed by atoms with Crippen molar-refractivity contribution in [2.24, 2.45) is 0 Å². The van der Waals surface area contributed by atoms with E-state index in [4.69, 9.17) is 4.74 Å². The molecule has 2 aromatic carbocycles. The Bertz CT molecular complexity index is 573. The number of benzene rings is 2. The van der Waals surface area contributed by atoms with E-state index in [1.54, 1.807) is 0 Å². The molecule has 1 unspecified atom stereocenters. The van der Waals surface area contributed by atoms with Crippen LogP contribution in [0.4, 0.5) is 0 Å². The van der Waals surface area contributed by atoms with Crippen LogP contribution in [0.2, 0.25) is 0 Å². The van der Waals surface area contributed by atoms with Gasteiger partial charge in [0.05, 0.1) is 6.10 Å². The molecule has 1 heteroatoms. The van der Waals surface area contributed by atoms with Crippen LogP contribution in [0.1, 0.15) is 83.3 Å². The maximum absolute atomic E-state index is 6.03. The van der Waals surface area contributed by atoms with Gasteiger partial charge in [0.15, 0.2) is 0 Å². The van der Waals surface area contributed by atoms with E-state index in [0.29, 0.717) is 0 Å². The van der Waals surface area contributed by atoms with Crippen molar-refractivity contribution in [1.82, 2.24) is 0 Å².